The summed E-state index contributed by atoms with van der Waals surface area (Å²) < 4.78 is 6.90. The Kier molecular flexibility index (Phi) is 4.83. The number of hydrogen-bond donors (Lipinski definition) is 0. The molecule has 0 radical (unpaired) electrons. The van der Waals surface area contributed by atoms with Gasteiger partial charge in [-0.25, -0.2) is 0 Å². The highest BCUT2D eigenvalue weighted by molar-refractivity contribution is 9.10. The van der Waals surface area contributed by atoms with Crippen LogP contribution in [0.25, 0.3) is 0 Å². The molecule has 126 valence electrons. The molecule has 0 N–H and O–H groups in total. The summed E-state index contributed by atoms with van der Waals surface area (Å²) in [5.74, 6) is 0.965. The van der Waals surface area contributed by atoms with Gasteiger partial charge in [-0.2, -0.15) is 0 Å². The molecule has 4 heterocycles. The van der Waals surface area contributed by atoms with Crippen molar-refractivity contribution in [2.75, 3.05) is 26.2 Å². The van der Waals surface area contributed by atoms with Crippen LogP contribution in [0.15, 0.2) is 53.3 Å². The Hall–Kier alpha value is -1.43. The predicted molar refractivity (Wildman–Crippen MR) is 98.1 cm³/mol. The number of hydrogen-bond acceptors (Lipinski definition) is 4. The van der Waals surface area contributed by atoms with Gasteiger partial charge in [0.1, 0.15) is 12.4 Å². The maximum Gasteiger partial charge on any atom is 0.119 e. The number of para-hydroxylation sites is 1. The van der Waals surface area contributed by atoms with E-state index in [2.05, 4.69) is 36.8 Å². The minimum atomic E-state index is 0.684. The second-order valence-corrected chi connectivity index (χ2v) is 7.56. The van der Waals surface area contributed by atoms with Crippen molar-refractivity contribution in [2.24, 2.45) is 0 Å². The van der Waals surface area contributed by atoms with E-state index in [1.54, 1.807) is 0 Å². The molecule has 24 heavy (non-hydrogen) atoms. The van der Waals surface area contributed by atoms with Crippen molar-refractivity contribution in [3.05, 3.63) is 58.8 Å². The number of rotatable bonds is 6. The molecule has 3 aliphatic heterocycles. The molecule has 1 aromatic carbocycles. The van der Waals surface area contributed by atoms with Gasteiger partial charge in [0.25, 0.3) is 0 Å². The lowest BCUT2D eigenvalue weighted by atomic mass is 9.87. The van der Waals surface area contributed by atoms with Crippen LogP contribution in [0, 0.1) is 0 Å². The lowest BCUT2D eigenvalue weighted by Gasteiger charge is -2.56. The highest BCUT2D eigenvalue weighted by Gasteiger charge is 2.43. The molecule has 0 saturated carbocycles. The Morgan fingerprint density at radius 3 is 2.67 bits per heavy atom. The second kappa shape index (κ2) is 7.21. The normalized spacial score (nSPS) is 23.7. The average Bonchev–Trinajstić information content (AvgIpc) is 2.59. The molecule has 3 aliphatic rings. The average molecular weight is 388 g/mol. The summed E-state index contributed by atoms with van der Waals surface area (Å²) >= 11 is 3.50. The van der Waals surface area contributed by atoms with Gasteiger partial charge >= 0.3 is 0 Å². The number of ether oxygens (including phenoxy) is 1. The van der Waals surface area contributed by atoms with Gasteiger partial charge in [0, 0.05) is 55.1 Å². The van der Waals surface area contributed by atoms with Gasteiger partial charge in [-0.3, -0.25) is 14.8 Å². The van der Waals surface area contributed by atoms with Gasteiger partial charge in [-0.1, -0.05) is 18.2 Å². The largest absolute Gasteiger partial charge is 0.492 e. The predicted octanol–water partition coefficient (Wildman–Crippen LogP) is 3.18. The fourth-order valence-electron chi connectivity index (χ4n) is 3.85. The summed E-state index contributed by atoms with van der Waals surface area (Å²) in [5, 5.41) is 0. The van der Waals surface area contributed by atoms with E-state index in [4.69, 9.17) is 4.74 Å². The number of piperidine rings is 1. The standard InChI is InChI=1S/C19H22BrN3O/c20-16-8-15(10-21-11-16)12-22-13-17-9-18(14-22)23(17)6-7-24-19-4-2-1-3-5-19/h1-5,8,10-11,17-18H,6-7,9,12-14H2. The summed E-state index contributed by atoms with van der Waals surface area (Å²) in [5.41, 5.74) is 1.28. The van der Waals surface area contributed by atoms with Crippen LogP contribution in [-0.2, 0) is 6.54 Å². The fourth-order valence-corrected chi connectivity index (χ4v) is 4.27. The third-order valence-electron chi connectivity index (χ3n) is 4.95. The zero-order valence-electron chi connectivity index (χ0n) is 13.6. The Morgan fingerprint density at radius 1 is 1.12 bits per heavy atom. The summed E-state index contributed by atoms with van der Waals surface area (Å²) in [7, 11) is 0. The van der Waals surface area contributed by atoms with Crippen molar-refractivity contribution in [1.29, 1.82) is 0 Å². The lowest BCUT2D eigenvalue weighted by molar-refractivity contribution is -0.0760. The van der Waals surface area contributed by atoms with Crippen LogP contribution in [0.2, 0.25) is 0 Å². The highest BCUT2D eigenvalue weighted by Crippen LogP contribution is 2.32. The van der Waals surface area contributed by atoms with E-state index >= 15 is 0 Å². The van der Waals surface area contributed by atoms with E-state index in [0.717, 1.165) is 43.0 Å². The number of aromatic nitrogens is 1. The molecule has 0 aliphatic carbocycles. The van der Waals surface area contributed by atoms with Crippen molar-refractivity contribution >= 4 is 15.9 Å². The van der Waals surface area contributed by atoms with Gasteiger partial charge in [-0.05, 0) is 46.1 Å². The van der Waals surface area contributed by atoms with Crippen LogP contribution < -0.4 is 4.74 Å². The molecule has 5 rings (SSSR count). The maximum absolute atomic E-state index is 5.84. The van der Waals surface area contributed by atoms with Gasteiger partial charge in [0.15, 0.2) is 0 Å². The second-order valence-electron chi connectivity index (χ2n) is 6.65. The van der Waals surface area contributed by atoms with Gasteiger partial charge in [0.05, 0.1) is 0 Å². The van der Waals surface area contributed by atoms with E-state index in [1.807, 2.05) is 42.7 Å². The minimum Gasteiger partial charge on any atom is -0.492 e. The first-order chi connectivity index (χ1) is 11.8. The fraction of sp³-hybridized carbons (Fsp3) is 0.421. The highest BCUT2D eigenvalue weighted by atomic mass is 79.9. The SMILES string of the molecule is Brc1cncc(CN2CC3CC(C2)N3CCOc2ccccc2)c1. The molecule has 1 aromatic heterocycles. The van der Waals surface area contributed by atoms with Crippen LogP contribution in [0.1, 0.15) is 12.0 Å². The van der Waals surface area contributed by atoms with Crippen molar-refractivity contribution in [2.45, 2.75) is 25.0 Å². The Labute approximate surface area is 151 Å². The molecule has 2 bridgehead atoms. The number of nitrogens with zero attached hydrogens (tertiary/aromatic N) is 3. The molecule has 3 fully saturated rings. The summed E-state index contributed by atoms with van der Waals surface area (Å²) in [6, 6.07) is 13.6. The van der Waals surface area contributed by atoms with E-state index in [1.165, 1.54) is 12.0 Å². The van der Waals surface area contributed by atoms with E-state index in [0.29, 0.717) is 12.1 Å². The smallest absolute Gasteiger partial charge is 0.119 e. The molecular weight excluding hydrogens is 366 g/mol. The molecule has 2 unspecified atom stereocenters. The van der Waals surface area contributed by atoms with E-state index in [9.17, 15) is 0 Å². The Bertz CT molecular complexity index is 669. The lowest BCUT2D eigenvalue weighted by Crippen LogP contribution is -2.68. The number of pyridine rings is 1. The monoisotopic (exact) mass is 387 g/mol. The first kappa shape index (κ1) is 16.1. The Balaban J connectivity index is 1.24. The van der Waals surface area contributed by atoms with Crippen LogP contribution in [-0.4, -0.2) is 53.1 Å². The van der Waals surface area contributed by atoms with Crippen molar-refractivity contribution in [3.63, 3.8) is 0 Å². The Morgan fingerprint density at radius 2 is 1.92 bits per heavy atom. The summed E-state index contributed by atoms with van der Waals surface area (Å²) in [6.07, 6.45) is 5.14. The maximum atomic E-state index is 5.84. The molecule has 0 amide bonds. The third kappa shape index (κ3) is 3.63. The van der Waals surface area contributed by atoms with Crippen LogP contribution in [0.3, 0.4) is 0 Å². The zero-order valence-corrected chi connectivity index (χ0v) is 15.2. The number of fused-ring (bicyclic) bond motifs is 2. The molecule has 4 nitrogen and oxygen atoms in total. The molecule has 5 heteroatoms. The van der Waals surface area contributed by atoms with Crippen molar-refractivity contribution < 1.29 is 4.74 Å². The summed E-state index contributed by atoms with van der Waals surface area (Å²) in [6.45, 7) is 5.08. The van der Waals surface area contributed by atoms with Gasteiger partial charge < -0.3 is 4.74 Å². The van der Waals surface area contributed by atoms with Crippen LogP contribution >= 0.6 is 15.9 Å². The summed E-state index contributed by atoms with van der Waals surface area (Å²) in [4.78, 5) is 9.43. The van der Waals surface area contributed by atoms with Crippen molar-refractivity contribution in [3.8, 4) is 5.75 Å². The van der Waals surface area contributed by atoms with Crippen LogP contribution in [0.5, 0.6) is 5.75 Å². The van der Waals surface area contributed by atoms with Gasteiger partial charge in [-0.15, -0.1) is 0 Å². The topological polar surface area (TPSA) is 28.6 Å². The van der Waals surface area contributed by atoms with E-state index in [-0.39, 0.29) is 0 Å². The molecular formula is C19H22BrN3O. The number of benzene rings is 1. The molecule has 0 spiro atoms. The molecule has 2 aromatic rings. The molecule has 2 atom stereocenters. The van der Waals surface area contributed by atoms with Crippen molar-refractivity contribution in [1.82, 2.24) is 14.8 Å². The van der Waals surface area contributed by atoms with Crippen LogP contribution in [0.4, 0.5) is 0 Å². The zero-order chi connectivity index (χ0) is 16.4. The minimum absolute atomic E-state index is 0.684. The quantitative estimate of drug-likeness (QED) is 0.760. The molecule has 3 saturated heterocycles. The number of halogens is 1. The third-order valence-corrected chi connectivity index (χ3v) is 5.38. The van der Waals surface area contributed by atoms with E-state index < -0.39 is 0 Å². The van der Waals surface area contributed by atoms with Gasteiger partial charge in [0.2, 0.25) is 0 Å². The first-order valence-electron chi connectivity index (χ1n) is 8.53. The number of piperazine rings is 1. The first-order valence-corrected chi connectivity index (χ1v) is 9.32.